The van der Waals surface area contributed by atoms with Crippen LogP contribution in [0.3, 0.4) is 0 Å². The molecule has 126 valence electrons. The zero-order valence-corrected chi connectivity index (χ0v) is 14.3. The van der Waals surface area contributed by atoms with Gasteiger partial charge in [0.2, 0.25) is 0 Å². The van der Waals surface area contributed by atoms with Crippen molar-refractivity contribution in [1.29, 1.82) is 0 Å². The summed E-state index contributed by atoms with van der Waals surface area (Å²) in [6.45, 7) is 1.65. The summed E-state index contributed by atoms with van der Waals surface area (Å²) >= 11 is 0. The summed E-state index contributed by atoms with van der Waals surface area (Å²) in [5.41, 5.74) is 2.18. The van der Waals surface area contributed by atoms with Crippen LogP contribution in [-0.2, 0) is 0 Å². The first-order valence-electron chi connectivity index (χ1n) is 8.09. The van der Waals surface area contributed by atoms with Gasteiger partial charge in [-0.2, -0.15) is 0 Å². The van der Waals surface area contributed by atoms with Crippen LogP contribution in [0, 0.1) is 0 Å². The molecule has 0 fully saturated rings. The standard InChI is InChI=1S/C20H24N2O2/c1-23-19-9-5-17(6-10-19)15-21-13-3-4-14-22-16-18-7-11-20(24-2)12-8-18/h5-12,15-16H,3-4,13-14H2,1-2H3. The van der Waals surface area contributed by atoms with E-state index in [1.807, 2.05) is 61.0 Å². The van der Waals surface area contributed by atoms with Crippen molar-refractivity contribution in [3.63, 3.8) is 0 Å². The summed E-state index contributed by atoms with van der Waals surface area (Å²) < 4.78 is 10.3. The molecule has 0 aliphatic carbocycles. The van der Waals surface area contributed by atoms with Crippen molar-refractivity contribution in [2.75, 3.05) is 27.3 Å². The third-order valence-corrected chi connectivity index (χ3v) is 3.54. The van der Waals surface area contributed by atoms with Crippen LogP contribution >= 0.6 is 0 Å². The van der Waals surface area contributed by atoms with Crippen molar-refractivity contribution < 1.29 is 9.47 Å². The Bertz CT molecular complexity index is 587. The lowest BCUT2D eigenvalue weighted by Crippen LogP contribution is -1.90. The van der Waals surface area contributed by atoms with Gasteiger partial charge in [0, 0.05) is 25.5 Å². The lowest BCUT2D eigenvalue weighted by Gasteiger charge is -1.99. The SMILES string of the molecule is COc1ccc(C=NCCCCN=Cc2ccc(OC)cc2)cc1. The van der Waals surface area contributed by atoms with E-state index in [9.17, 15) is 0 Å². The molecule has 0 saturated heterocycles. The third-order valence-electron chi connectivity index (χ3n) is 3.54. The van der Waals surface area contributed by atoms with Crippen LogP contribution in [0.2, 0.25) is 0 Å². The highest BCUT2D eigenvalue weighted by Gasteiger charge is 1.92. The Hall–Kier alpha value is -2.62. The summed E-state index contributed by atoms with van der Waals surface area (Å²) in [6, 6.07) is 15.8. The molecule has 0 saturated carbocycles. The molecule has 0 aliphatic heterocycles. The topological polar surface area (TPSA) is 43.2 Å². The molecule has 2 rings (SSSR count). The van der Waals surface area contributed by atoms with Crippen LogP contribution in [-0.4, -0.2) is 39.7 Å². The molecular formula is C20H24N2O2. The van der Waals surface area contributed by atoms with E-state index in [2.05, 4.69) is 9.98 Å². The highest BCUT2D eigenvalue weighted by molar-refractivity contribution is 5.80. The zero-order chi connectivity index (χ0) is 17.0. The van der Waals surface area contributed by atoms with Crippen molar-refractivity contribution in [3.8, 4) is 11.5 Å². The number of hydrogen-bond acceptors (Lipinski definition) is 4. The maximum absolute atomic E-state index is 5.13. The summed E-state index contributed by atoms with van der Waals surface area (Å²) in [7, 11) is 3.33. The Kier molecular flexibility index (Phi) is 7.54. The van der Waals surface area contributed by atoms with Crippen molar-refractivity contribution in [3.05, 3.63) is 59.7 Å². The molecule has 0 heterocycles. The maximum Gasteiger partial charge on any atom is 0.118 e. The van der Waals surface area contributed by atoms with Gasteiger partial charge in [-0.3, -0.25) is 9.98 Å². The molecule has 2 aromatic rings. The fourth-order valence-corrected chi connectivity index (χ4v) is 2.13. The molecular weight excluding hydrogens is 300 g/mol. The van der Waals surface area contributed by atoms with Crippen molar-refractivity contribution in [2.24, 2.45) is 9.98 Å². The minimum absolute atomic E-state index is 0.823. The fourth-order valence-electron chi connectivity index (χ4n) is 2.13. The van der Waals surface area contributed by atoms with Gasteiger partial charge in [0.15, 0.2) is 0 Å². The van der Waals surface area contributed by atoms with E-state index in [0.717, 1.165) is 48.6 Å². The minimum Gasteiger partial charge on any atom is -0.497 e. The first-order valence-corrected chi connectivity index (χ1v) is 8.09. The zero-order valence-electron chi connectivity index (χ0n) is 14.3. The average molecular weight is 324 g/mol. The van der Waals surface area contributed by atoms with E-state index in [-0.39, 0.29) is 0 Å². The average Bonchev–Trinajstić information content (AvgIpc) is 2.65. The van der Waals surface area contributed by atoms with Gasteiger partial charge in [-0.15, -0.1) is 0 Å². The molecule has 0 unspecified atom stereocenters. The molecule has 0 amide bonds. The first-order chi connectivity index (χ1) is 11.8. The van der Waals surface area contributed by atoms with E-state index >= 15 is 0 Å². The second kappa shape index (κ2) is 10.2. The van der Waals surface area contributed by atoms with Gasteiger partial charge in [0.25, 0.3) is 0 Å². The number of aliphatic imine (C=N–C) groups is 2. The minimum atomic E-state index is 0.823. The molecule has 0 aromatic heterocycles. The molecule has 0 bridgehead atoms. The highest BCUT2D eigenvalue weighted by atomic mass is 16.5. The maximum atomic E-state index is 5.13. The van der Waals surface area contributed by atoms with Gasteiger partial charge in [0.05, 0.1) is 14.2 Å². The predicted molar refractivity (Wildman–Crippen MR) is 100 cm³/mol. The summed E-state index contributed by atoms with van der Waals surface area (Å²) in [5.74, 6) is 1.73. The van der Waals surface area contributed by atoms with Gasteiger partial charge >= 0.3 is 0 Å². The Balaban J connectivity index is 1.61. The molecule has 0 spiro atoms. The number of unbranched alkanes of at least 4 members (excludes halogenated alkanes) is 1. The van der Waals surface area contributed by atoms with Crippen LogP contribution in [0.4, 0.5) is 0 Å². The molecule has 0 N–H and O–H groups in total. The highest BCUT2D eigenvalue weighted by Crippen LogP contribution is 2.10. The molecule has 4 nitrogen and oxygen atoms in total. The van der Waals surface area contributed by atoms with Crippen LogP contribution in [0.1, 0.15) is 24.0 Å². The van der Waals surface area contributed by atoms with Gasteiger partial charge < -0.3 is 9.47 Å². The normalized spacial score (nSPS) is 11.2. The number of benzene rings is 2. The van der Waals surface area contributed by atoms with Crippen molar-refractivity contribution in [2.45, 2.75) is 12.8 Å². The lowest BCUT2D eigenvalue weighted by atomic mass is 10.2. The predicted octanol–water partition coefficient (Wildman–Crippen LogP) is 4.02. The molecule has 24 heavy (non-hydrogen) atoms. The number of hydrogen-bond donors (Lipinski definition) is 0. The Morgan fingerprint density at radius 3 is 1.38 bits per heavy atom. The molecule has 2 aromatic carbocycles. The lowest BCUT2D eigenvalue weighted by molar-refractivity contribution is 0.414. The summed E-state index contributed by atoms with van der Waals surface area (Å²) in [6.07, 6.45) is 5.87. The molecule has 0 radical (unpaired) electrons. The van der Waals surface area contributed by atoms with Gasteiger partial charge in [-0.05, 0) is 72.5 Å². The summed E-state index contributed by atoms with van der Waals surface area (Å²) in [4.78, 5) is 8.88. The quantitative estimate of drug-likeness (QED) is 0.516. The van der Waals surface area contributed by atoms with E-state index in [1.165, 1.54) is 0 Å². The van der Waals surface area contributed by atoms with E-state index in [1.54, 1.807) is 14.2 Å². The second-order valence-corrected chi connectivity index (χ2v) is 5.32. The Labute approximate surface area is 143 Å². The van der Waals surface area contributed by atoms with E-state index in [4.69, 9.17) is 9.47 Å². The number of methoxy groups -OCH3 is 2. The van der Waals surface area contributed by atoms with Crippen LogP contribution in [0.5, 0.6) is 11.5 Å². The first kappa shape index (κ1) is 17.7. The van der Waals surface area contributed by atoms with Crippen LogP contribution in [0.25, 0.3) is 0 Å². The number of ether oxygens (including phenoxy) is 2. The molecule has 4 heteroatoms. The van der Waals surface area contributed by atoms with E-state index < -0.39 is 0 Å². The van der Waals surface area contributed by atoms with Gasteiger partial charge in [-0.25, -0.2) is 0 Å². The van der Waals surface area contributed by atoms with Crippen LogP contribution in [0.15, 0.2) is 58.5 Å². The Morgan fingerprint density at radius 1 is 0.667 bits per heavy atom. The summed E-state index contributed by atoms with van der Waals surface area (Å²) in [5, 5.41) is 0. The largest absolute Gasteiger partial charge is 0.497 e. The van der Waals surface area contributed by atoms with Crippen molar-refractivity contribution in [1.82, 2.24) is 0 Å². The van der Waals surface area contributed by atoms with Crippen LogP contribution < -0.4 is 9.47 Å². The Morgan fingerprint density at radius 2 is 1.04 bits per heavy atom. The monoisotopic (exact) mass is 324 g/mol. The molecule has 0 aliphatic rings. The van der Waals surface area contributed by atoms with E-state index in [0.29, 0.717) is 0 Å². The molecule has 0 atom stereocenters. The van der Waals surface area contributed by atoms with Gasteiger partial charge in [-0.1, -0.05) is 0 Å². The van der Waals surface area contributed by atoms with Gasteiger partial charge in [0.1, 0.15) is 11.5 Å². The second-order valence-electron chi connectivity index (χ2n) is 5.32. The third kappa shape index (κ3) is 6.24. The number of rotatable bonds is 9. The number of nitrogens with zero attached hydrogens (tertiary/aromatic N) is 2. The van der Waals surface area contributed by atoms with Crippen molar-refractivity contribution >= 4 is 12.4 Å². The fraction of sp³-hybridized carbons (Fsp3) is 0.300. The smallest absolute Gasteiger partial charge is 0.118 e.